The van der Waals surface area contributed by atoms with Gasteiger partial charge in [0, 0.05) is 29.8 Å². The molecule has 0 saturated heterocycles. The molecular weight excluding hydrogens is 455 g/mol. The fourth-order valence-corrected chi connectivity index (χ4v) is 4.16. The number of H-pyrrole nitrogens is 1. The Morgan fingerprint density at radius 1 is 1.15 bits per heavy atom. The number of carbonyl (C=O) groups is 1. The Morgan fingerprint density at radius 3 is 2.70 bits per heavy atom. The maximum Gasteiger partial charge on any atom is 0.418 e. The molecule has 0 atom stereocenters. The predicted octanol–water partition coefficient (Wildman–Crippen LogP) is 4.82. The van der Waals surface area contributed by atoms with Crippen LogP contribution in [0.25, 0.3) is 22.3 Å². The average Bonchev–Trinajstić information content (AvgIpc) is 3.39. The van der Waals surface area contributed by atoms with Crippen molar-refractivity contribution in [3.63, 3.8) is 0 Å². The number of thioether (sulfide) groups is 1. The van der Waals surface area contributed by atoms with Gasteiger partial charge in [-0.2, -0.15) is 13.2 Å². The molecule has 4 aromatic rings. The minimum Gasteiger partial charge on any atom is -0.383 e. The summed E-state index contributed by atoms with van der Waals surface area (Å²) < 4.78 is 46.6. The monoisotopic (exact) mass is 475 g/mol. The molecule has 1 amide bonds. The van der Waals surface area contributed by atoms with Crippen molar-refractivity contribution >= 4 is 34.3 Å². The van der Waals surface area contributed by atoms with Crippen molar-refractivity contribution in [3.05, 3.63) is 60.3 Å². The number of alkyl halides is 3. The molecule has 0 aliphatic carbocycles. The lowest BCUT2D eigenvalue weighted by Crippen LogP contribution is -2.18. The number of nitrogens with zero attached hydrogens (tertiary/aromatic N) is 3. The molecule has 172 valence electrons. The van der Waals surface area contributed by atoms with Gasteiger partial charge in [0.05, 0.1) is 30.2 Å². The summed E-state index contributed by atoms with van der Waals surface area (Å²) in [6, 6.07) is 12.6. The number of carbonyl (C=O) groups excluding carboxylic acids is 1. The van der Waals surface area contributed by atoms with E-state index in [0.717, 1.165) is 34.3 Å². The smallest absolute Gasteiger partial charge is 0.383 e. The van der Waals surface area contributed by atoms with Crippen LogP contribution in [0.15, 0.2) is 59.9 Å². The highest BCUT2D eigenvalue weighted by molar-refractivity contribution is 7.99. The Kier molecular flexibility index (Phi) is 6.70. The Bertz CT molecular complexity index is 1270. The van der Waals surface area contributed by atoms with E-state index >= 15 is 0 Å². The largest absolute Gasteiger partial charge is 0.418 e. The van der Waals surface area contributed by atoms with Crippen LogP contribution in [0.1, 0.15) is 5.56 Å². The SMILES string of the molecule is COCCn1c(SCC(=O)Nc2ccccc2C(F)(F)F)nnc1-c1c[nH]c2ccccc12. The van der Waals surface area contributed by atoms with Gasteiger partial charge in [-0.3, -0.25) is 9.36 Å². The van der Waals surface area contributed by atoms with E-state index in [1.807, 2.05) is 35.0 Å². The fraction of sp³-hybridized carbons (Fsp3) is 0.227. The highest BCUT2D eigenvalue weighted by Crippen LogP contribution is 2.35. The molecule has 0 saturated carbocycles. The van der Waals surface area contributed by atoms with Crippen LogP contribution in [-0.4, -0.2) is 45.1 Å². The third-order valence-electron chi connectivity index (χ3n) is 4.90. The first-order chi connectivity index (χ1) is 15.9. The summed E-state index contributed by atoms with van der Waals surface area (Å²) in [4.78, 5) is 15.6. The zero-order valence-electron chi connectivity index (χ0n) is 17.5. The molecule has 0 fully saturated rings. The second-order valence-corrected chi connectivity index (χ2v) is 8.02. The molecule has 7 nitrogen and oxygen atoms in total. The summed E-state index contributed by atoms with van der Waals surface area (Å²) in [7, 11) is 1.58. The number of fused-ring (bicyclic) bond motifs is 1. The van der Waals surface area contributed by atoms with Crippen LogP contribution in [-0.2, 0) is 22.3 Å². The average molecular weight is 475 g/mol. The molecule has 2 N–H and O–H groups in total. The number of halogens is 3. The van der Waals surface area contributed by atoms with Crippen LogP contribution in [0.3, 0.4) is 0 Å². The van der Waals surface area contributed by atoms with Crippen molar-refractivity contribution in [3.8, 4) is 11.4 Å². The van der Waals surface area contributed by atoms with Gasteiger partial charge in [-0.25, -0.2) is 0 Å². The summed E-state index contributed by atoms with van der Waals surface area (Å²) in [6.45, 7) is 0.839. The number of nitrogens with one attached hydrogen (secondary N) is 2. The van der Waals surface area contributed by atoms with Gasteiger partial charge in [-0.15, -0.1) is 10.2 Å². The van der Waals surface area contributed by atoms with Crippen LogP contribution in [0.4, 0.5) is 18.9 Å². The molecule has 0 aliphatic heterocycles. The number of aromatic nitrogens is 4. The minimum absolute atomic E-state index is 0.134. The van der Waals surface area contributed by atoms with E-state index in [-0.39, 0.29) is 11.4 Å². The normalized spacial score (nSPS) is 11.8. The molecule has 2 aromatic heterocycles. The standard InChI is InChI=1S/C22H20F3N5O2S/c1-32-11-10-30-20(15-12-26-17-8-4-2-6-14(15)17)28-29-21(30)33-13-19(31)27-18-9-5-3-7-16(18)22(23,24)25/h2-9,12,26H,10-11,13H2,1H3,(H,27,31). The third-order valence-corrected chi connectivity index (χ3v) is 5.87. The van der Waals surface area contributed by atoms with E-state index in [1.165, 1.54) is 18.2 Å². The quantitative estimate of drug-likeness (QED) is 0.357. The molecule has 4 rings (SSSR count). The van der Waals surface area contributed by atoms with Crippen molar-refractivity contribution in [1.82, 2.24) is 19.7 Å². The van der Waals surface area contributed by atoms with Crippen LogP contribution in [0, 0.1) is 0 Å². The summed E-state index contributed by atoms with van der Waals surface area (Å²) in [5.74, 6) is -0.105. The summed E-state index contributed by atoms with van der Waals surface area (Å²) >= 11 is 1.09. The molecule has 0 aliphatic rings. The van der Waals surface area contributed by atoms with Crippen molar-refractivity contribution in [2.75, 3.05) is 24.8 Å². The maximum atomic E-state index is 13.2. The van der Waals surface area contributed by atoms with E-state index in [0.29, 0.717) is 24.1 Å². The fourth-order valence-electron chi connectivity index (χ4n) is 3.39. The molecule has 0 unspecified atom stereocenters. The van der Waals surface area contributed by atoms with E-state index in [2.05, 4.69) is 20.5 Å². The van der Waals surface area contributed by atoms with E-state index in [4.69, 9.17) is 4.74 Å². The van der Waals surface area contributed by atoms with E-state index < -0.39 is 17.6 Å². The molecule has 11 heteroatoms. The Hall–Kier alpha value is -3.31. The Balaban J connectivity index is 1.54. The lowest BCUT2D eigenvalue weighted by molar-refractivity contribution is -0.137. The van der Waals surface area contributed by atoms with Crippen LogP contribution >= 0.6 is 11.8 Å². The van der Waals surface area contributed by atoms with Crippen molar-refractivity contribution in [2.24, 2.45) is 0 Å². The zero-order chi connectivity index (χ0) is 23.4. The highest BCUT2D eigenvalue weighted by Gasteiger charge is 2.33. The van der Waals surface area contributed by atoms with Gasteiger partial charge in [0.1, 0.15) is 0 Å². The zero-order valence-corrected chi connectivity index (χ0v) is 18.3. The number of hydrogen-bond acceptors (Lipinski definition) is 5. The van der Waals surface area contributed by atoms with E-state index in [1.54, 1.807) is 7.11 Å². The third kappa shape index (κ3) is 5.04. The summed E-state index contributed by atoms with van der Waals surface area (Å²) in [5.41, 5.74) is 0.625. The summed E-state index contributed by atoms with van der Waals surface area (Å²) in [5, 5.41) is 12.3. The number of rotatable bonds is 8. The van der Waals surface area contributed by atoms with Gasteiger partial charge in [0.2, 0.25) is 5.91 Å². The van der Waals surface area contributed by atoms with Crippen molar-refractivity contribution in [2.45, 2.75) is 17.9 Å². The van der Waals surface area contributed by atoms with Crippen molar-refractivity contribution < 1.29 is 22.7 Å². The lowest BCUT2D eigenvalue weighted by Gasteiger charge is -2.13. The molecule has 0 bridgehead atoms. The Morgan fingerprint density at radius 2 is 1.91 bits per heavy atom. The number of para-hydroxylation sites is 2. The number of amides is 1. The first-order valence-electron chi connectivity index (χ1n) is 9.96. The van der Waals surface area contributed by atoms with Crippen LogP contribution < -0.4 is 5.32 Å². The Labute approximate surface area is 191 Å². The predicted molar refractivity (Wildman–Crippen MR) is 120 cm³/mol. The first-order valence-corrected chi connectivity index (χ1v) is 10.9. The van der Waals surface area contributed by atoms with Gasteiger partial charge in [0.15, 0.2) is 11.0 Å². The van der Waals surface area contributed by atoms with Gasteiger partial charge < -0.3 is 15.0 Å². The summed E-state index contributed by atoms with van der Waals surface area (Å²) in [6.07, 6.45) is -2.72. The van der Waals surface area contributed by atoms with Gasteiger partial charge in [-0.1, -0.05) is 42.1 Å². The van der Waals surface area contributed by atoms with Crippen LogP contribution in [0.2, 0.25) is 0 Å². The topological polar surface area (TPSA) is 84.8 Å². The molecular formula is C22H20F3N5O2S. The second kappa shape index (κ2) is 9.67. The number of ether oxygens (including phenoxy) is 1. The first kappa shape index (κ1) is 22.9. The van der Waals surface area contributed by atoms with Gasteiger partial charge >= 0.3 is 6.18 Å². The highest BCUT2D eigenvalue weighted by atomic mass is 32.2. The molecule has 2 heterocycles. The number of aromatic amines is 1. The maximum absolute atomic E-state index is 13.2. The molecule has 0 spiro atoms. The van der Waals surface area contributed by atoms with Gasteiger partial charge in [-0.05, 0) is 18.2 Å². The molecule has 33 heavy (non-hydrogen) atoms. The lowest BCUT2D eigenvalue weighted by atomic mass is 10.1. The molecule has 2 aromatic carbocycles. The van der Waals surface area contributed by atoms with Gasteiger partial charge in [0.25, 0.3) is 0 Å². The number of hydrogen-bond donors (Lipinski definition) is 2. The minimum atomic E-state index is -4.56. The number of benzene rings is 2. The second-order valence-electron chi connectivity index (χ2n) is 7.08. The number of anilines is 1. The van der Waals surface area contributed by atoms with Crippen LogP contribution in [0.5, 0.6) is 0 Å². The van der Waals surface area contributed by atoms with Crippen molar-refractivity contribution in [1.29, 1.82) is 0 Å². The number of methoxy groups -OCH3 is 1. The molecule has 0 radical (unpaired) electrons. The van der Waals surface area contributed by atoms with E-state index in [9.17, 15) is 18.0 Å².